The molecule has 1 fully saturated rings. The number of benzene rings is 2. The largest absolute Gasteiger partial charge is 0.374 e. The Morgan fingerprint density at radius 3 is 2.59 bits per heavy atom. The number of carbonyl (C=O) groups is 1. The minimum Gasteiger partial charge on any atom is -0.374 e. The third-order valence-electron chi connectivity index (χ3n) is 6.17. The molecular weight excluding hydrogens is 428 g/mol. The summed E-state index contributed by atoms with van der Waals surface area (Å²) < 4.78 is 0.828. The van der Waals surface area contributed by atoms with E-state index in [9.17, 15) is 4.79 Å². The molecule has 2 aromatic rings. The van der Waals surface area contributed by atoms with Gasteiger partial charge >= 0.3 is 0 Å². The number of nitrogens with one attached hydrogen (secondary N) is 1. The predicted octanol–water partition coefficient (Wildman–Crippen LogP) is 3.16. The fraction of sp³-hybridized carbons (Fsp3) is 0.435. The Morgan fingerprint density at radius 2 is 1.83 bits per heavy atom. The molecule has 154 valence electrons. The highest BCUT2D eigenvalue weighted by molar-refractivity contribution is 9.10. The van der Waals surface area contributed by atoms with E-state index in [0.717, 1.165) is 43.6 Å². The van der Waals surface area contributed by atoms with Gasteiger partial charge in [-0.15, -0.1) is 0 Å². The zero-order valence-electron chi connectivity index (χ0n) is 17.2. The molecule has 0 aromatic heterocycles. The standard InChI is InChI=1S/C23H29BrN4O/c1-26-11-13-28(14-12-26)22(16-25-23(29)19-5-3-4-6-20(19)24)17-7-8-21-18(15-17)9-10-27(21)2/h3-8,15,22H,9-14,16H2,1-2H3,(H,25,29)/t22-/m1/s1. The maximum atomic E-state index is 12.8. The van der Waals surface area contributed by atoms with E-state index >= 15 is 0 Å². The van der Waals surface area contributed by atoms with E-state index in [1.807, 2.05) is 24.3 Å². The van der Waals surface area contributed by atoms with Crippen molar-refractivity contribution in [3.05, 3.63) is 63.6 Å². The second-order valence-corrected chi connectivity index (χ2v) is 8.96. The first kappa shape index (κ1) is 20.4. The SMILES string of the molecule is CN1CCN([C@H](CNC(=O)c2ccccc2Br)c2ccc3c(c2)CCN3C)CC1. The number of amides is 1. The maximum absolute atomic E-state index is 12.8. The summed E-state index contributed by atoms with van der Waals surface area (Å²) in [6, 6.07) is 14.6. The number of hydrogen-bond acceptors (Lipinski definition) is 4. The van der Waals surface area contributed by atoms with E-state index in [1.165, 1.54) is 16.8 Å². The van der Waals surface area contributed by atoms with Crippen LogP contribution in [0, 0.1) is 0 Å². The minimum absolute atomic E-state index is 0.0301. The number of piperazine rings is 1. The molecule has 0 bridgehead atoms. The van der Waals surface area contributed by atoms with Crippen LogP contribution < -0.4 is 10.2 Å². The molecule has 1 amide bonds. The van der Waals surface area contributed by atoms with Crippen molar-refractivity contribution >= 4 is 27.5 Å². The van der Waals surface area contributed by atoms with Gasteiger partial charge in [-0.2, -0.15) is 0 Å². The molecule has 0 radical (unpaired) electrons. The second kappa shape index (κ2) is 8.86. The molecule has 1 atom stereocenters. The molecule has 0 unspecified atom stereocenters. The van der Waals surface area contributed by atoms with E-state index in [-0.39, 0.29) is 11.9 Å². The molecule has 2 heterocycles. The van der Waals surface area contributed by atoms with E-state index in [1.54, 1.807) is 0 Å². The van der Waals surface area contributed by atoms with Gasteiger partial charge in [0.2, 0.25) is 0 Å². The van der Waals surface area contributed by atoms with E-state index in [0.29, 0.717) is 12.1 Å². The van der Waals surface area contributed by atoms with Crippen LogP contribution in [0.2, 0.25) is 0 Å². The summed E-state index contributed by atoms with van der Waals surface area (Å²) in [7, 11) is 4.33. The van der Waals surface area contributed by atoms with Crippen molar-refractivity contribution in [3.8, 4) is 0 Å². The number of carbonyl (C=O) groups excluding carboxylic acids is 1. The number of halogens is 1. The fourth-order valence-electron chi connectivity index (χ4n) is 4.32. The average Bonchev–Trinajstić information content (AvgIpc) is 3.10. The third-order valence-corrected chi connectivity index (χ3v) is 6.86. The van der Waals surface area contributed by atoms with Crippen molar-refractivity contribution in [2.24, 2.45) is 0 Å². The lowest BCUT2D eigenvalue weighted by Crippen LogP contribution is -2.48. The highest BCUT2D eigenvalue weighted by atomic mass is 79.9. The highest BCUT2D eigenvalue weighted by Crippen LogP contribution is 2.31. The number of hydrogen-bond donors (Lipinski definition) is 1. The smallest absolute Gasteiger partial charge is 0.252 e. The lowest BCUT2D eigenvalue weighted by Gasteiger charge is -2.38. The summed E-state index contributed by atoms with van der Waals surface area (Å²) in [5.41, 5.74) is 4.74. The molecule has 0 aliphatic carbocycles. The van der Waals surface area contributed by atoms with Gasteiger partial charge in [-0.25, -0.2) is 0 Å². The molecule has 5 nitrogen and oxygen atoms in total. The molecule has 2 aromatic carbocycles. The van der Waals surface area contributed by atoms with Crippen LogP contribution >= 0.6 is 15.9 Å². The summed E-state index contributed by atoms with van der Waals surface area (Å²) in [6.07, 6.45) is 1.10. The fourth-order valence-corrected chi connectivity index (χ4v) is 4.78. The van der Waals surface area contributed by atoms with Crippen LogP contribution in [0.4, 0.5) is 5.69 Å². The number of anilines is 1. The summed E-state index contributed by atoms with van der Waals surface area (Å²) in [4.78, 5) is 20.0. The Bertz CT molecular complexity index is 879. The minimum atomic E-state index is -0.0301. The van der Waals surface area contributed by atoms with Crippen molar-refractivity contribution < 1.29 is 4.79 Å². The van der Waals surface area contributed by atoms with Crippen LogP contribution in [-0.2, 0) is 6.42 Å². The van der Waals surface area contributed by atoms with Gasteiger partial charge in [0.25, 0.3) is 5.91 Å². The first-order chi connectivity index (χ1) is 14.0. The van der Waals surface area contributed by atoms with Gasteiger partial charge in [0.15, 0.2) is 0 Å². The van der Waals surface area contributed by atoms with E-state index in [2.05, 4.69) is 68.2 Å². The zero-order chi connectivity index (χ0) is 20.4. The Labute approximate surface area is 181 Å². The first-order valence-corrected chi connectivity index (χ1v) is 11.1. The molecular formula is C23H29BrN4O. The molecule has 4 rings (SSSR count). The van der Waals surface area contributed by atoms with Gasteiger partial charge < -0.3 is 15.1 Å². The van der Waals surface area contributed by atoms with Crippen LogP contribution in [0.15, 0.2) is 46.9 Å². The van der Waals surface area contributed by atoms with Gasteiger partial charge in [0.1, 0.15) is 0 Å². The topological polar surface area (TPSA) is 38.8 Å². The summed E-state index contributed by atoms with van der Waals surface area (Å²) in [5, 5.41) is 3.19. The molecule has 6 heteroatoms. The number of rotatable bonds is 5. The summed E-state index contributed by atoms with van der Waals surface area (Å²) >= 11 is 3.49. The van der Waals surface area contributed by atoms with E-state index < -0.39 is 0 Å². The zero-order valence-corrected chi connectivity index (χ0v) is 18.8. The Morgan fingerprint density at radius 1 is 1.07 bits per heavy atom. The lowest BCUT2D eigenvalue weighted by atomic mass is 10.00. The average molecular weight is 457 g/mol. The molecule has 1 N–H and O–H groups in total. The number of nitrogens with zero attached hydrogens (tertiary/aromatic N) is 3. The van der Waals surface area contributed by atoms with Gasteiger partial charge in [-0.3, -0.25) is 9.69 Å². The van der Waals surface area contributed by atoms with Gasteiger partial charge in [0, 0.05) is 56.5 Å². The molecule has 2 aliphatic rings. The Kier molecular flexibility index (Phi) is 6.23. The van der Waals surface area contributed by atoms with Crippen molar-refractivity contribution in [3.63, 3.8) is 0 Å². The number of likely N-dealkylation sites (N-methyl/N-ethyl adjacent to an activating group) is 2. The number of fused-ring (bicyclic) bond motifs is 1. The molecule has 29 heavy (non-hydrogen) atoms. The Hall–Kier alpha value is -1.89. The van der Waals surface area contributed by atoms with Crippen LogP contribution in [0.25, 0.3) is 0 Å². The molecule has 2 aliphatic heterocycles. The summed E-state index contributed by atoms with van der Waals surface area (Å²) in [5.74, 6) is -0.0301. The third kappa shape index (κ3) is 4.49. The van der Waals surface area contributed by atoms with E-state index in [4.69, 9.17) is 0 Å². The lowest BCUT2D eigenvalue weighted by molar-refractivity contribution is 0.0885. The van der Waals surface area contributed by atoms with Crippen molar-refractivity contribution in [1.82, 2.24) is 15.1 Å². The summed E-state index contributed by atoms with van der Waals surface area (Å²) in [6.45, 7) is 5.84. The normalized spacial score (nSPS) is 18.5. The molecule has 0 spiro atoms. The molecule has 0 saturated carbocycles. The van der Waals surface area contributed by atoms with Crippen molar-refractivity contribution in [2.75, 3.05) is 58.3 Å². The van der Waals surface area contributed by atoms with Gasteiger partial charge in [-0.05, 0) is 58.7 Å². The monoisotopic (exact) mass is 456 g/mol. The van der Waals surface area contributed by atoms with Crippen LogP contribution in [0.3, 0.4) is 0 Å². The van der Waals surface area contributed by atoms with Gasteiger partial charge in [-0.1, -0.05) is 24.3 Å². The maximum Gasteiger partial charge on any atom is 0.252 e. The van der Waals surface area contributed by atoms with Crippen LogP contribution in [0.1, 0.15) is 27.5 Å². The quantitative estimate of drug-likeness (QED) is 0.749. The highest BCUT2D eigenvalue weighted by Gasteiger charge is 2.26. The van der Waals surface area contributed by atoms with Crippen molar-refractivity contribution in [1.29, 1.82) is 0 Å². The van der Waals surface area contributed by atoms with Crippen molar-refractivity contribution in [2.45, 2.75) is 12.5 Å². The predicted molar refractivity (Wildman–Crippen MR) is 122 cm³/mol. The first-order valence-electron chi connectivity index (χ1n) is 10.3. The second-order valence-electron chi connectivity index (χ2n) is 8.10. The van der Waals surface area contributed by atoms with Gasteiger partial charge in [0.05, 0.1) is 11.6 Å². The van der Waals surface area contributed by atoms with Crippen LogP contribution in [0.5, 0.6) is 0 Å². The Balaban J connectivity index is 1.54. The molecule has 1 saturated heterocycles. The van der Waals surface area contributed by atoms with Crippen LogP contribution in [-0.4, -0.2) is 69.1 Å².